The van der Waals surface area contributed by atoms with Crippen LogP contribution in [0.25, 0.3) is 10.9 Å². The first kappa shape index (κ1) is 14.9. The highest BCUT2D eigenvalue weighted by Gasteiger charge is 2.42. The molecule has 0 spiro atoms. The van der Waals surface area contributed by atoms with Gasteiger partial charge in [0.1, 0.15) is 0 Å². The fourth-order valence-electron chi connectivity index (χ4n) is 4.55. The zero-order valence-electron chi connectivity index (χ0n) is 13.7. The third kappa shape index (κ3) is 2.48. The van der Waals surface area contributed by atoms with E-state index in [1.165, 1.54) is 30.3 Å². The largest absolute Gasteiger partial charge is 0.375 e. The van der Waals surface area contributed by atoms with Gasteiger partial charge in [-0.25, -0.2) is 0 Å². The van der Waals surface area contributed by atoms with Crippen LogP contribution in [0.5, 0.6) is 0 Å². The molecule has 0 saturated carbocycles. The van der Waals surface area contributed by atoms with E-state index in [1.54, 1.807) is 0 Å². The summed E-state index contributed by atoms with van der Waals surface area (Å²) >= 11 is 0. The van der Waals surface area contributed by atoms with Gasteiger partial charge in [-0.3, -0.25) is 9.88 Å². The highest BCUT2D eigenvalue weighted by Crippen LogP contribution is 2.43. The molecule has 3 aliphatic heterocycles. The molecule has 3 unspecified atom stereocenters. The van der Waals surface area contributed by atoms with Crippen molar-refractivity contribution in [2.75, 3.05) is 20.2 Å². The molecule has 3 aliphatic rings. The van der Waals surface area contributed by atoms with Gasteiger partial charge in [0.15, 0.2) is 0 Å². The Morgan fingerprint density at radius 3 is 2.96 bits per heavy atom. The number of nitrogens with zero attached hydrogens (tertiary/aromatic N) is 2. The number of methoxy groups -OCH3 is 1. The SMILES string of the molecule is C=CC1CN2CCC1C[C@@H]2[C@@H](OC)c1ccnc2ccccc12. The number of aromatic nitrogens is 1. The Kier molecular flexibility index (Phi) is 3.92. The van der Waals surface area contributed by atoms with Crippen molar-refractivity contribution in [2.24, 2.45) is 11.8 Å². The monoisotopic (exact) mass is 308 g/mol. The minimum atomic E-state index is 0.108. The second-order valence-electron chi connectivity index (χ2n) is 6.82. The quantitative estimate of drug-likeness (QED) is 0.803. The van der Waals surface area contributed by atoms with Gasteiger partial charge in [-0.2, -0.15) is 0 Å². The summed E-state index contributed by atoms with van der Waals surface area (Å²) in [5, 5.41) is 1.21. The number of rotatable bonds is 4. The predicted molar refractivity (Wildman–Crippen MR) is 93.3 cm³/mol. The number of hydrogen-bond donors (Lipinski definition) is 0. The van der Waals surface area contributed by atoms with Gasteiger partial charge in [-0.05, 0) is 48.9 Å². The molecule has 3 nitrogen and oxygen atoms in total. The number of hydrogen-bond acceptors (Lipinski definition) is 3. The Labute approximate surface area is 138 Å². The summed E-state index contributed by atoms with van der Waals surface area (Å²) in [7, 11) is 1.84. The molecular formula is C20H24N2O. The zero-order valence-corrected chi connectivity index (χ0v) is 13.7. The Morgan fingerprint density at radius 2 is 2.22 bits per heavy atom. The number of fused-ring (bicyclic) bond motifs is 4. The third-order valence-corrected chi connectivity index (χ3v) is 5.75. The predicted octanol–water partition coefficient (Wildman–Crippen LogP) is 3.82. The van der Waals surface area contributed by atoms with E-state index in [-0.39, 0.29) is 6.10 Å². The fourth-order valence-corrected chi connectivity index (χ4v) is 4.55. The van der Waals surface area contributed by atoms with E-state index in [0.717, 1.165) is 18.0 Å². The Bertz CT molecular complexity index is 708. The molecule has 5 atom stereocenters. The lowest BCUT2D eigenvalue weighted by Gasteiger charge is -2.51. The summed E-state index contributed by atoms with van der Waals surface area (Å²) in [6.45, 7) is 6.34. The van der Waals surface area contributed by atoms with Crippen LogP contribution in [0, 0.1) is 11.8 Å². The summed E-state index contributed by atoms with van der Waals surface area (Å²) < 4.78 is 6.01. The van der Waals surface area contributed by atoms with Crippen molar-refractivity contribution in [2.45, 2.75) is 25.0 Å². The average Bonchev–Trinajstić information content (AvgIpc) is 2.63. The summed E-state index contributed by atoms with van der Waals surface area (Å²) in [6, 6.07) is 11.0. The summed E-state index contributed by atoms with van der Waals surface area (Å²) in [6.07, 6.45) is 6.66. The highest BCUT2D eigenvalue weighted by atomic mass is 16.5. The van der Waals surface area contributed by atoms with E-state index >= 15 is 0 Å². The molecule has 1 aromatic carbocycles. The van der Waals surface area contributed by atoms with Crippen molar-refractivity contribution in [1.82, 2.24) is 9.88 Å². The molecule has 23 heavy (non-hydrogen) atoms. The molecule has 120 valence electrons. The first-order valence-corrected chi connectivity index (χ1v) is 8.55. The lowest BCUT2D eigenvalue weighted by atomic mass is 9.73. The third-order valence-electron chi connectivity index (χ3n) is 5.75. The van der Waals surface area contributed by atoms with Gasteiger partial charge in [-0.15, -0.1) is 6.58 Å². The zero-order chi connectivity index (χ0) is 15.8. The maximum absolute atomic E-state index is 6.01. The first-order chi connectivity index (χ1) is 11.3. The number of ether oxygens (including phenoxy) is 1. The van der Waals surface area contributed by atoms with E-state index in [0.29, 0.717) is 12.0 Å². The smallest absolute Gasteiger partial charge is 0.0983 e. The van der Waals surface area contributed by atoms with E-state index in [9.17, 15) is 0 Å². The van der Waals surface area contributed by atoms with E-state index < -0.39 is 0 Å². The Morgan fingerprint density at radius 1 is 1.35 bits per heavy atom. The number of benzene rings is 1. The van der Waals surface area contributed by atoms with Crippen molar-refractivity contribution >= 4 is 10.9 Å². The van der Waals surface area contributed by atoms with Gasteiger partial charge < -0.3 is 4.74 Å². The maximum atomic E-state index is 6.01. The van der Waals surface area contributed by atoms with Crippen molar-refractivity contribution in [3.63, 3.8) is 0 Å². The Hall–Kier alpha value is -1.71. The topological polar surface area (TPSA) is 25.4 Å². The van der Waals surface area contributed by atoms with Gasteiger partial charge in [0.05, 0.1) is 11.6 Å². The van der Waals surface area contributed by atoms with Crippen LogP contribution < -0.4 is 0 Å². The van der Waals surface area contributed by atoms with E-state index in [2.05, 4.69) is 46.8 Å². The van der Waals surface area contributed by atoms with Crippen LogP contribution in [-0.2, 0) is 4.74 Å². The van der Waals surface area contributed by atoms with Crippen LogP contribution in [0.4, 0.5) is 0 Å². The molecule has 3 saturated heterocycles. The molecule has 3 fully saturated rings. The van der Waals surface area contributed by atoms with Crippen LogP contribution in [0.3, 0.4) is 0 Å². The average molecular weight is 308 g/mol. The number of piperidine rings is 3. The molecule has 2 aromatic rings. The number of pyridine rings is 1. The van der Waals surface area contributed by atoms with Gasteiger partial charge in [0.25, 0.3) is 0 Å². The van der Waals surface area contributed by atoms with E-state index in [4.69, 9.17) is 4.74 Å². The van der Waals surface area contributed by atoms with Crippen LogP contribution in [0.15, 0.2) is 49.2 Å². The van der Waals surface area contributed by atoms with E-state index in [1.807, 2.05) is 19.4 Å². The van der Waals surface area contributed by atoms with Crippen LogP contribution in [0.2, 0.25) is 0 Å². The molecule has 4 heterocycles. The van der Waals surface area contributed by atoms with Crippen LogP contribution in [0.1, 0.15) is 24.5 Å². The molecule has 0 N–H and O–H groups in total. The molecular weight excluding hydrogens is 284 g/mol. The molecule has 1 aromatic heterocycles. The highest BCUT2D eigenvalue weighted by molar-refractivity contribution is 5.82. The summed E-state index contributed by atoms with van der Waals surface area (Å²) in [5.41, 5.74) is 2.32. The molecule has 5 rings (SSSR count). The van der Waals surface area contributed by atoms with Crippen LogP contribution >= 0.6 is 0 Å². The van der Waals surface area contributed by atoms with Gasteiger partial charge in [0.2, 0.25) is 0 Å². The molecule has 2 bridgehead atoms. The van der Waals surface area contributed by atoms with Crippen LogP contribution in [-0.4, -0.2) is 36.1 Å². The maximum Gasteiger partial charge on any atom is 0.0983 e. The normalized spacial score (nSPS) is 31.2. The molecule has 3 heteroatoms. The minimum absolute atomic E-state index is 0.108. The molecule has 0 aliphatic carbocycles. The van der Waals surface area contributed by atoms with Crippen molar-refractivity contribution < 1.29 is 4.74 Å². The summed E-state index contributed by atoms with van der Waals surface area (Å²) in [5.74, 6) is 1.40. The molecule has 0 amide bonds. The number of para-hydroxylation sites is 1. The minimum Gasteiger partial charge on any atom is -0.375 e. The Balaban J connectivity index is 1.70. The lowest BCUT2D eigenvalue weighted by molar-refractivity contribution is -0.0601. The second kappa shape index (κ2) is 6.06. The second-order valence-corrected chi connectivity index (χ2v) is 6.82. The van der Waals surface area contributed by atoms with Gasteiger partial charge >= 0.3 is 0 Å². The van der Waals surface area contributed by atoms with Gasteiger partial charge in [0, 0.05) is 31.3 Å². The lowest BCUT2D eigenvalue weighted by Crippen LogP contribution is -2.55. The first-order valence-electron chi connectivity index (χ1n) is 8.55. The molecule has 0 radical (unpaired) electrons. The van der Waals surface area contributed by atoms with Gasteiger partial charge in [-0.1, -0.05) is 24.3 Å². The standard InChI is InChI=1S/C20H24N2O/c1-3-14-13-22-11-9-15(14)12-19(22)20(23-2)17-8-10-21-18-7-5-4-6-16(17)18/h3-8,10,14-15,19-20H,1,9,11-13H2,2H3/t14?,15?,19-,20+/m1/s1. The summed E-state index contributed by atoms with van der Waals surface area (Å²) in [4.78, 5) is 7.10. The van der Waals surface area contributed by atoms with Crippen molar-refractivity contribution in [3.05, 3.63) is 54.7 Å². The van der Waals surface area contributed by atoms with Crippen molar-refractivity contribution in [3.8, 4) is 0 Å². The van der Waals surface area contributed by atoms with Crippen molar-refractivity contribution in [1.29, 1.82) is 0 Å². The fraction of sp³-hybridized carbons (Fsp3) is 0.450.